The first-order chi connectivity index (χ1) is 7.69. The number of halogens is 1. The Morgan fingerprint density at radius 1 is 1.56 bits per heavy atom. The van der Waals surface area contributed by atoms with Crippen molar-refractivity contribution in [2.24, 2.45) is 5.92 Å². The van der Waals surface area contributed by atoms with Gasteiger partial charge in [0.05, 0.1) is 0 Å². The lowest BCUT2D eigenvalue weighted by atomic mass is 10.0. The van der Waals surface area contributed by atoms with Crippen molar-refractivity contribution in [2.75, 3.05) is 24.2 Å². The third-order valence-corrected chi connectivity index (χ3v) is 2.81. The number of nitrogens with two attached hydrogens (primary N) is 1. The standard InChI is InChI=1S/C10H17ClN4O/c1-2-7(3-4-16)5-13-10-8(12)9(11)14-6-15-10/h6-7,16H,2-5,12H2,1H3,(H,13,14,15). The summed E-state index contributed by atoms with van der Waals surface area (Å²) in [5.41, 5.74) is 6.08. The van der Waals surface area contributed by atoms with E-state index in [9.17, 15) is 0 Å². The average Bonchev–Trinajstić information content (AvgIpc) is 2.29. The number of aromatic nitrogens is 2. The van der Waals surface area contributed by atoms with Gasteiger partial charge in [0.2, 0.25) is 0 Å². The predicted octanol–water partition coefficient (Wildman–Crippen LogP) is 1.53. The van der Waals surface area contributed by atoms with Crippen LogP contribution in [0.3, 0.4) is 0 Å². The summed E-state index contributed by atoms with van der Waals surface area (Å²) in [5.74, 6) is 0.953. The van der Waals surface area contributed by atoms with Crippen LogP contribution in [0.4, 0.5) is 11.5 Å². The van der Waals surface area contributed by atoms with Crippen LogP contribution in [0.5, 0.6) is 0 Å². The Morgan fingerprint density at radius 3 is 2.94 bits per heavy atom. The van der Waals surface area contributed by atoms with E-state index in [1.807, 2.05) is 0 Å². The van der Waals surface area contributed by atoms with E-state index >= 15 is 0 Å². The van der Waals surface area contributed by atoms with Crippen molar-refractivity contribution in [1.82, 2.24) is 9.97 Å². The second-order valence-corrected chi connectivity index (χ2v) is 3.95. The van der Waals surface area contributed by atoms with Gasteiger partial charge in [0, 0.05) is 13.2 Å². The van der Waals surface area contributed by atoms with Crippen LogP contribution >= 0.6 is 11.6 Å². The molecule has 16 heavy (non-hydrogen) atoms. The summed E-state index contributed by atoms with van der Waals surface area (Å²) in [6, 6.07) is 0. The number of nitrogen functional groups attached to an aromatic ring is 1. The normalized spacial score (nSPS) is 12.4. The van der Waals surface area contributed by atoms with Crippen molar-refractivity contribution >= 4 is 23.1 Å². The molecule has 1 aromatic heterocycles. The molecule has 90 valence electrons. The number of rotatable bonds is 6. The van der Waals surface area contributed by atoms with Crippen LogP contribution in [0, 0.1) is 5.92 Å². The molecule has 0 bridgehead atoms. The Morgan fingerprint density at radius 2 is 2.31 bits per heavy atom. The van der Waals surface area contributed by atoms with Gasteiger partial charge in [-0.05, 0) is 12.3 Å². The maximum Gasteiger partial charge on any atom is 0.157 e. The molecule has 4 N–H and O–H groups in total. The zero-order valence-electron chi connectivity index (χ0n) is 9.28. The molecule has 1 heterocycles. The zero-order valence-corrected chi connectivity index (χ0v) is 10.0. The molecule has 0 spiro atoms. The highest BCUT2D eigenvalue weighted by Gasteiger charge is 2.09. The molecule has 0 aliphatic carbocycles. The van der Waals surface area contributed by atoms with E-state index in [2.05, 4.69) is 22.2 Å². The minimum Gasteiger partial charge on any atom is -0.396 e. The second kappa shape index (κ2) is 6.50. The molecule has 0 aliphatic heterocycles. The molecule has 1 rings (SSSR count). The fraction of sp³-hybridized carbons (Fsp3) is 0.600. The SMILES string of the molecule is CCC(CCO)CNc1ncnc(Cl)c1N. The Labute approximate surface area is 100 Å². The van der Waals surface area contributed by atoms with Crippen molar-refractivity contribution in [1.29, 1.82) is 0 Å². The molecule has 1 aromatic rings. The summed E-state index contributed by atoms with van der Waals surface area (Å²) in [6.07, 6.45) is 3.13. The van der Waals surface area contributed by atoms with Crippen LogP contribution in [0.25, 0.3) is 0 Å². The lowest BCUT2D eigenvalue weighted by Crippen LogP contribution is -2.16. The first-order valence-electron chi connectivity index (χ1n) is 5.29. The third kappa shape index (κ3) is 3.50. The number of anilines is 2. The number of nitrogens with zero attached hydrogens (tertiary/aromatic N) is 2. The van der Waals surface area contributed by atoms with Crippen LogP contribution in [0.1, 0.15) is 19.8 Å². The summed E-state index contributed by atoms with van der Waals surface area (Å²) >= 11 is 5.77. The van der Waals surface area contributed by atoms with E-state index in [0.29, 0.717) is 24.0 Å². The minimum atomic E-state index is 0.195. The van der Waals surface area contributed by atoms with E-state index in [1.165, 1.54) is 6.33 Å². The molecule has 0 saturated carbocycles. The molecule has 0 amide bonds. The fourth-order valence-corrected chi connectivity index (χ4v) is 1.52. The molecule has 6 heteroatoms. The Hall–Kier alpha value is -1.07. The number of aliphatic hydroxyl groups excluding tert-OH is 1. The summed E-state index contributed by atoms with van der Waals surface area (Å²) in [5, 5.41) is 12.2. The minimum absolute atomic E-state index is 0.195. The highest BCUT2D eigenvalue weighted by molar-refractivity contribution is 6.32. The molecule has 1 atom stereocenters. The molecule has 0 aromatic carbocycles. The smallest absolute Gasteiger partial charge is 0.157 e. The quantitative estimate of drug-likeness (QED) is 0.661. The molecule has 1 unspecified atom stereocenters. The first kappa shape index (κ1) is 13.0. The topological polar surface area (TPSA) is 84.1 Å². The summed E-state index contributed by atoms with van der Waals surface area (Å²) in [6.45, 7) is 2.99. The van der Waals surface area contributed by atoms with Gasteiger partial charge in [-0.2, -0.15) is 0 Å². The number of hydrogen-bond acceptors (Lipinski definition) is 5. The Kier molecular flexibility index (Phi) is 5.28. The van der Waals surface area contributed by atoms with Gasteiger partial charge in [-0.15, -0.1) is 0 Å². The third-order valence-electron chi connectivity index (χ3n) is 2.51. The van der Waals surface area contributed by atoms with Gasteiger partial charge >= 0.3 is 0 Å². The van der Waals surface area contributed by atoms with E-state index in [4.69, 9.17) is 22.4 Å². The van der Waals surface area contributed by atoms with Gasteiger partial charge < -0.3 is 16.2 Å². The monoisotopic (exact) mass is 244 g/mol. The fourth-order valence-electron chi connectivity index (χ4n) is 1.39. The van der Waals surface area contributed by atoms with Crippen LogP contribution in [0.15, 0.2) is 6.33 Å². The van der Waals surface area contributed by atoms with Gasteiger partial charge in [0.25, 0.3) is 0 Å². The lowest BCUT2D eigenvalue weighted by molar-refractivity contribution is 0.258. The van der Waals surface area contributed by atoms with Crippen LogP contribution in [-0.4, -0.2) is 28.2 Å². The van der Waals surface area contributed by atoms with Crippen LogP contribution in [-0.2, 0) is 0 Å². The summed E-state index contributed by atoms with van der Waals surface area (Å²) in [4.78, 5) is 7.78. The molecule has 0 aliphatic rings. The first-order valence-corrected chi connectivity index (χ1v) is 5.67. The number of aliphatic hydroxyl groups is 1. The Balaban J connectivity index is 2.56. The lowest BCUT2D eigenvalue weighted by Gasteiger charge is -2.15. The van der Waals surface area contributed by atoms with Crippen LogP contribution < -0.4 is 11.1 Å². The van der Waals surface area contributed by atoms with Gasteiger partial charge in [-0.1, -0.05) is 24.9 Å². The van der Waals surface area contributed by atoms with Crippen molar-refractivity contribution in [3.8, 4) is 0 Å². The van der Waals surface area contributed by atoms with Crippen molar-refractivity contribution in [2.45, 2.75) is 19.8 Å². The Bertz CT molecular complexity index is 335. The number of hydrogen-bond donors (Lipinski definition) is 3. The van der Waals surface area contributed by atoms with Gasteiger partial charge in [0.15, 0.2) is 11.0 Å². The highest BCUT2D eigenvalue weighted by Crippen LogP contribution is 2.22. The largest absolute Gasteiger partial charge is 0.396 e. The van der Waals surface area contributed by atoms with Crippen molar-refractivity contribution in [3.63, 3.8) is 0 Å². The zero-order chi connectivity index (χ0) is 12.0. The van der Waals surface area contributed by atoms with Gasteiger partial charge in [-0.3, -0.25) is 0 Å². The number of nitrogens with one attached hydrogen (secondary N) is 1. The van der Waals surface area contributed by atoms with Gasteiger partial charge in [0.1, 0.15) is 12.0 Å². The van der Waals surface area contributed by atoms with E-state index < -0.39 is 0 Å². The van der Waals surface area contributed by atoms with E-state index in [-0.39, 0.29) is 11.8 Å². The molecule has 0 fully saturated rings. The molecular weight excluding hydrogens is 228 g/mol. The van der Waals surface area contributed by atoms with E-state index in [1.54, 1.807) is 0 Å². The predicted molar refractivity (Wildman–Crippen MR) is 65.4 cm³/mol. The van der Waals surface area contributed by atoms with Crippen molar-refractivity contribution in [3.05, 3.63) is 11.5 Å². The molecular formula is C10H17ClN4O. The molecule has 0 saturated heterocycles. The maximum absolute atomic E-state index is 8.86. The summed E-state index contributed by atoms with van der Waals surface area (Å²) in [7, 11) is 0. The van der Waals surface area contributed by atoms with Crippen LogP contribution in [0.2, 0.25) is 5.15 Å². The average molecular weight is 245 g/mol. The molecule has 0 radical (unpaired) electrons. The highest BCUT2D eigenvalue weighted by atomic mass is 35.5. The molecule has 5 nitrogen and oxygen atoms in total. The summed E-state index contributed by atoms with van der Waals surface area (Å²) < 4.78 is 0. The van der Waals surface area contributed by atoms with Gasteiger partial charge in [-0.25, -0.2) is 9.97 Å². The second-order valence-electron chi connectivity index (χ2n) is 3.59. The van der Waals surface area contributed by atoms with E-state index in [0.717, 1.165) is 12.8 Å². The maximum atomic E-state index is 8.86. The van der Waals surface area contributed by atoms with Crippen molar-refractivity contribution < 1.29 is 5.11 Å².